The lowest BCUT2D eigenvalue weighted by Gasteiger charge is -2.27. The normalized spacial score (nSPS) is 20.1. The van der Waals surface area contributed by atoms with Crippen LogP contribution in [0.2, 0.25) is 5.02 Å². The molecule has 1 atom stereocenters. The molecule has 3 heteroatoms. The van der Waals surface area contributed by atoms with E-state index in [0.29, 0.717) is 5.02 Å². The van der Waals surface area contributed by atoms with Gasteiger partial charge in [-0.25, -0.2) is 4.39 Å². The highest BCUT2D eigenvalue weighted by Crippen LogP contribution is 2.31. The highest BCUT2D eigenvalue weighted by Gasteiger charge is 2.21. The third kappa shape index (κ3) is 2.16. The molecule has 0 radical (unpaired) electrons. The summed E-state index contributed by atoms with van der Waals surface area (Å²) in [7, 11) is 0. The number of rotatable bonds is 2. The van der Waals surface area contributed by atoms with Crippen molar-refractivity contribution in [3.63, 3.8) is 0 Å². The van der Waals surface area contributed by atoms with Crippen molar-refractivity contribution in [1.82, 2.24) is 5.32 Å². The van der Waals surface area contributed by atoms with E-state index < -0.39 is 0 Å². The zero-order valence-electron chi connectivity index (χ0n) is 8.82. The smallest absolute Gasteiger partial charge is 0.125 e. The Kier molecular flexibility index (Phi) is 3.27. The summed E-state index contributed by atoms with van der Waals surface area (Å²) in [4.78, 5) is 0. The van der Waals surface area contributed by atoms with Crippen LogP contribution in [0.5, 0.6) is 0 Å². The molecule has 15 heavy (non-hydrogen) atoms. The summed E-state index contributed by atoms with van der Waals surface area (Å²) >= 11 is 6.05. The van der Waals surface area contributed by atoms with Gasteiger partial charge >= 0.3 is 0 Å². The molecule has 0 amide bonds. The van der Waals surface area contributed by atoms with Crippen LogP contribution in [0.15, 0.2) is 12.1 Å². The molecule has 1 aromatic rings. The molecule has 1 unspecified atom stereocenters. The summed E-state index contributed by atoms with van der Waals surface area (Å²) in [5.41, 5.74) is 2.17. The number of benzene rings is 1. The number of halogens is 2. The summed E-state index contributed by atoms with van der Waals surface area (Å²) in [6.07, 6.45) is 3.02. The van der Waals surface area contributed by atoms with Crippen LogP contribution >= 0.6 is 11.6 Å². The number of nitrogens with one attached hydrogen (secondary N) is 1. The Morgan fingerprint density at radius 2 is 2.33 bits per heavy atom. The third-order valence-corrected chi connectivity index (χ3v) is 3.25. The van der Waals surface area contributed by atoms with Crippen molar-refractivity contribution in [3.05, 3.63) is 34.1 Å². The van der Waals surface area contributed by atoms with Crippen LogP contribution in [0.25, 0.3) is 0 Å². The zero-order valence-corrected chi connectivity index (χ0v) is 9.57. The fourth-order valence-corrected chi connectivity index (χ4v) is 2.53. The molecule has 82 valence electrons. The molecule has 0 aromatic heterocycles. The summed E-state index contributed by atoms with van der Waals surface area (Å²) in [6, 6.07) is 3.30. The SMILES string of the molecule is CCCC1NCCc2c(Cl)cc(F)cc21. The average molecular weight is 228 g/mol. The Hall–Kier alpha value is -0.600. The first-order valence-corrected chi connectivity index (χ1v) is 5.81. The van der Waals surface area contributed by atoms with E-state index in [1.165, 1.54) is 6.07 Å². The molecule has 0 spiro atoms. The number of hydrogen-bond donors (Lipinski definition) is 1. The van der Waals surface area contributed by atoms with Gasteiger partial charge in [0, 0.05) is 11.1 Å². The molecule has 1 heterocycles. The minimum Gasteiger partial charge on any atom is -0.310 e. The van der Waals surface area contributed by atoms with Crippen LogP contribution in [0.4, 0.5) is 4.39 Å². The molecule has 2 rings (SSSR count). The maximum atomic E-state index is 13.3. The van der Waals surface area contributed by atoms with E-state index in [9.17, 15) is 4.39 Å². The highest BCUT2D eigenvalue weighted by molar-refractivity contribution is 6.31. The van der Waals surface area contributed by atoms with Gasteiger partial charge in [-0.05, 0) is 42.6 Å². The summed E-state index contributed by atoms with van der Waals surface area (Å²) in [5.74, 6) is -0.233. The fourth-order valence-electron chi connectivity index (χ4n) is 2.23. The van der Waals surface area contributed by atoms with Crippen molar-refractivity contribution >= 4 is 11.6 Å². The molecule has 1 aromatic carbocycles. The Balaban J connectivity index is 2.41. The van der Waals surface area contributed by atoms with Crippen molar-refractivity contribution < 1.29 is 4.39 Å². The van der Waals surface area contributed by atoms with Crippen LogP contribution in [0, 0.1) is 5.82 Å². The third-order valence-electron chi connectivity index (χ3n) is 2.91. The number of fused-ring (bicyclic) bond motifs is 1. The Morgan fingerprint density at radius 3 is 3.07 bits per heavy atom. The van der Waals surface area contributed by atoms with Gasteiger partial charge in [0.25, 0.3) is 0 Å². The Bertz CT molecular complexity index is 365. The van der Waals surface area contributed by atoms with Crippen LogP contribution in [-0.2, 0) is 6.42 Å². The van der Waals surface area contributed by atoms with Crippen LogP contribution in [0.3, 0.4) is 0 Å². The topological polar surface area (TPSA) is 12.0 Å². The Labute approximate surface area is 94.6 Å². The Morgan fingerprint density at radius 1 is 1.53 bits per heavy atom. The molecule has 1 aliphatic heterocycles. The molecule has 1 nitrogen and oxygen atoms in total. The first-order valence-electron chi connectivity index (χ1n) is 5.43. The largest absolute Gasteiger partial charge is 0.310 e. The van der Waals surface area contributed by atoms with Crippen LogP contribution in [-0.4, -0.2) is 6.54 Å². The van der Waals surface area contributed by atoms with E-state index >= 15 is 0 Å². The molecule has 0 bridgehead atoms. The van der Waals surface area contributed by atoms with E-state index in [1.54, 1.807) is 6.07 Å². The van der Waals surface area contributed by atoms with E-state index in [1.807, 2.05) is 0 Å². The van der Waals surface area contributed by atoms with E-state index in [2.05, 4.69) is 12.2 Å². The monoisotopic (exact) mass is 227 g/mol. The number of hydrogen-bond acceptors (Lipinski definition) is 1. The fraction of sp³-hybridized carbons (Fsp3) is 0.500. The van der Waals surface area contributed by atoms with Gasteiger partial charge in [-0.1, -0.05) is 24.9 Å². The summed E-state index contributed by atoms with van der Waals surface area (Å²) < 4.78 is 13.3. The van der Waals surface area contributed by atoms with Crippen molar-refractivity contribution in [2.75, 3.05) is 6.54 Å². The highest BCUT2D eigenvalue weighted by atomic mass is 35.5. The lowest BCUT2D eigenvalue weighted by atomic mass is 9.91. The zero-order chi connectivity index (χ0) is 10.8. The molecule has 0 fully saturated rings. The lowest BCUT2D eigenvalue weighted by Crippen LogP contribution is -2.30. The predicted octanol–water partition coefficient (Wildman–Crippen LogP) is 3.47. The van der Waals surface area contributed by atoms with Crippen molar-refractivity contribution in [1.29, 1.82) is 0 Å². The first-order chi connectivity index (χ1) is 7.22. The second kappa shape index (κ2) is 4.50. The molecule has 0 saturated heterocycles. The van der Waals surface area contributed by atoms with Gasteiger partial charge in [0.1, 0.15) is 5.82 Å². The second-order valence-corrected chi connectivity index (χ2v) is 4.41. The maximum absolute atomic E-state index is 13.3. The van der Waals surface area contributed by atoms with Gasteiger partial charge in [-0.3, -0.25) is 0 Å². The molecule has 0 aliphatic carbocycles. The minimum absolute atomic E-state index is 0.233. The predicted molar refractivity (Wildman–Crippen MR) is 60.8 cm³/mol. The summed E-state index contributed by atoms with van der Waals surface area (Å²) in [5, 5.41) is 3.98. The van der Waals surface area contributed by atoms with Gasteiger partial charge in [-0.15, -0.1) is 0 Å². The van der Waals surface area contributed by atoms with Crippen molar-refractivity contribution in [2.45, 2.75) is 32.2 Å². The first kappa shape index (κ1) is 10.9. The standard InChI is InChI=1S/C12H15ClFN/c1-2-3-12-10-6-8(14)7-11(13)9(10)4-5-15-12/h6-7,12,15H,2-5H2,1H3. The lowest BCUT2D eigenvalue weighted by molar-refractivity contribution is 0.467. The second-order valence-electron chi connectivity index (χ2n) is 4.00. The molecular weight excluding hydrogens is 213 g/mol. The van der Waals surface area contributed by atoms with Crippen LogP contribution < -0.4 is 5.32 Å². The van der Waals surface area contributed by atoms with Gasteiger partial charge in [0.05, 0.1) is 0 Å². The van der Waals surface area contributed by atoms with Crippen molar-refractivity contribution in [3.8, 4) is 0 Å². The summed E-state index contributed by atoms with van der Waals surface area (Å²) in [6.45, 7) is 3.07. The maximum Gasteiger partial charge on any atom is 0.125 e. The molecule has 1 N–H and O–H groups in total. The van der Waals surface area contributed by atoms with Crippen LogP contribution in [0.1, 0.15) is 36.9 Å². The van der Waals surface area contributed by atoms with Gasteiger partial charge in [0.15, 0.2) is 0 Å². The van der Waals surface area contributed by atoms with E-state index in [4.69, 9.17) is 11.6 Å². The molecular formula is C12H15ClFN. The van der Waals surface area contributed by atoms with Gasteiger partial charge in [-0.2, -0.15) is 0 Å². The van der Waals surface area contributed by atoms with Crippen molar-refractivity contribution in [2.24, 2.45) is 0 Å². The molecule has 0 saturated carbocycles. The van der Waals surface area contributed by atoms with Gasteiger partial charge < -0.3 is 5.32 Å². The average Bonchev–Trinajstić information content (AvgIpc) is 2.19. The quantitative estimate of drug-likeness (QED) is 0.816. The molecule has 1 aliphatic rings. The van der Waals surface area contributed by atoms with Gasteiger partial charge in [0.2, 0.25) is 0 Å². The van der Waals surface area contributed by atoms with E-state index in [-0.39, 0.29) is 11.9 Å². The van der Waals surface area contributed by atoms with E-state index in [0.717, 1.165) is 36.9 Å². The minimum atomic E-state index is -0.233.